The molecule has 106 valence electrons. The molecule has 0 aromatic carbocycles. The number of nitrogens with one attached hydrogen (secondary N) is 1. The van der Waals surface area contributed by atoms with Crippen molar-refractivity contribution in [1.29, 1.82) is 5.26 Å². The van der Waals surface area contributed by atoms with Gasteiger partial charge in [-0.15, -0.1) is 0 Å². The van der Waals surface area contributed by atoms with Gasteiger partial charge in [0, 0.05) is 6.04 Å². The second-order valence-corrected chi connectivity index (χ2v) is 6.30. The Morgan fingerprint density at radius 3 is 2.58 bits per heavy atom. The first-order chi connectivity index (χ1) is 9.06. The molecule has 0 aromatic heterocycles. The van der Waals surface area contributed by atoms with Crippen LogP contribution in [0.2, 0.25) is 0 Å². The van der Waals surface area contributed by atoms with Crippen LogP contribution in [-0.4, -0.2) is 36.0 Å². The van der Waals surface area contributed by atoms with Crippen LogP contribution in [0.4, 0.5) is 0 Å². The number of nitrogens with zero attached hydrogens (tertiary/aromatic N) is 2. The van der Waals surface area contributed by atoms with Crippen LogP contribution in [0.25, 0.3) is 0 Å². The van der Waals surface area contributed by atoms with Crippen LogP contribution in [0, 0.1) is 17.2 Å². The summed E-state index contributed by atoms with van der Waals surface area (Å²) in [5.74, 6) is 0.760. The molecule has 2 rings (SSSR count). The zero-order valence-electron chi connectivity index (χ0n) is 12.1. The molecule has 4 nitrogen and oxygen atoms in total. The van der Waals surface area contributed by atoms with Gasteiger partial charge in [-0.05, 0) is 45.6 Å². The summed E-state index contributed by atoms with van der Waals surface area (Å²) in [7, 11) is 2.00. The first-order valence-corrected chi connectivity index (χ1v) is 7.49. The normalized spacial score (nSPS) is 23.7. The highest BCUT2D eigenvalue weighted by Gasteiger charge is 2.35. The Morgan fingerprint density at radius 2 is 2.05 bits per heavy atom. The van der Waals surface area contributed by atoms with E-state index in [2.05, 4.69) is 23.2 Å². The first-order valence-electron chi connectivity index (χ1n) is 7.49. The van der Waals surface area contributed by atoms with E-state index in [9.17, 15) is 10.1 Å². The first kappa shape index (κ1) is 14.3. The van der Waals surface area contributed by atoms with Gasteiger partial charge in [-0.1, -0.05) is 19.3 Å². The zero-order valence-corrected chi connectivity index (χ0v) is 12.1. The molecular weight excluding hydrogens is 238 g/mol. The summed E-state index contributed by atoms with van der Waals surface area (Å²) in [6.07, 6.45) is 7.45. The number of hydrogen-bond acceptors (Lipinski definition) is 3. The predicted molar refractivity (Wildman–Crippen MR) is 74.4 cm³/mol. The number of carbonyl (C=O) groups excluding carboxylic acids is 1. The maximum absolute atomic E-state index is 12.1. The maximum atomic E-state index is 12.1. The van der Waals surface area contributed by atoms with Gasteiger partial charge >= 0.3 is 0 Å². The third kappa shape index (κ3) is 3.70. The Balaban J connectivity index is 1.84. The van der Waals surface area contributed by atoms with Crippen LogP contribution < -0.4 is 5.32 Å². The second-order valence-electron chi connectivity index (χ2n) is 6.30. The zero-order chi connectivity index (χ0) is 13.9. The van der Waals surface area contributed by atoms with Gasteiger partial charge in [-0.3, -0.25) is 9.69 Å². The Labute approximate surface area is 116 Å². The predicted octanol–water partition coefficient (Wildman–Crippen LogP) is 2.06. The van der Waals surface area contributed by atoms with Crippen LogP contribution in [-0.2, 0) is 4.79 Å². The van der Waals surface area contributed by atoms with Gasteiger partial charge in [0.25, 0.3) is 0 Å². The van der Waals surface area contributed by atoms with E-state index in [0.717, 1.165) is 31.6 Å². The Bertz CT molecular complexity index is 364. The summed E-state index contributed by atoms with van der Waals surface area (Å²) in [6.45, 7) is 2.59. The number of amides is 1. The minimum absolute atomic E-state index is 0.00144. The molecule has 1 amide bonds. The SMILES string of the molecule is CC(C1CC1)N(C)CC(=O)NC1(C#N)CCCCC1. The molecule has 1 atom stereocenters. The van der Waals surface area contributed by atoms with E-state index in [-0.39, 0.29) is 5.91 Å². The van der Waals surface area contributed by atoms with Gasteiger partial charge in [0.15, 0.2) is 0 Å². The van der Waals surface area contributed by atoms with Crippen molar-refractivity contribution in [2.45, 2.75) is 63.5 Å². The molecule has 0 bridgehead atoms. The van der Waals surface area contributed by atoms with Gasteiger partial charge in [-0.2, -0.15) is 5.26 Å². The molecule has 0 saturated heterocycles. The summed E-state index contributed by atoms with van der Waals surface area (Å²) in [4.78, 5) is 14.2. The summed E-state index contributed by atoms with van der Waals surface area (Å²) < 4.78 is 0. The number of rotatable bonds is 5. The number of nitriles is 1. The Kier molecular flexibility index (Phi) is 4.46. The van der Waals surface area contributed by atoms with E-state index in [1.54, 1.807) is 0 Å². The summed E-state index contributed by atoms with van der Waals surface area (Å²) >= 11 is 0. The van der Waals surface area contributed by atoms with E-state index in [4.69, 9.17) is 0 Å². The average Bonchev–Trinajstić information content (AvgIpc) is 3.23. The molecule has 0 aliphatic heterocycles. The Morgan fingerprint density at radius 1 is 1.42 bits per heavy atom. The summed E-state index contributed by atoms with van der Waals surface area (Å²) in [5.41, 5.74) is -0.598. The molecule has 2 fully saturated rings. The standard InChI is InChI=1S/C15H25N3O/c1-12(13-6-7-13)18(2)10-14(19)17-15(11-16)8-4-3-5-9-15/h12-13H,3-10H2,1-2H3,(H,17,19). The second kappa shape index (κ2) is 5.92. The van der Waals surface area contributed by atoms with Crippen LogP contribution in [0.5, 0.6) is 0 Å². The molecule has 0 radical (unpaired) electrons. The number of carbonyl (C=O) groups is 1. The highest BCUT2D eigenvalue weighted by atomic mass is 16.2. The van der Waals surface area contributed by atoms with Crippen molar-refractivity contribution in [3.05, 3.63) is 0 Å². The van der Waals surface area contributed by atoms with Gasteiger partial charge in [0.2, 0.25) is 5.91 Å². The lowest BCUT2D eigenvalue weighted by Crippen LogP contribution is -2.52. The molecule has 4 heteroatoms. The molecule has 2 aliphatic rings. The van der Waals surface area contributed by atoms with Crippen molar-refractivity contribution in [3.8, 4) is 6.07 Å². The van der Waals surface area contributed by atoms with Crippen molar-refractivity contribution < 1.29 is 4.79 Å². The molecule has 1 unspecified atom stereocenters. The summed E-state index contributed by atoms with van der Waals surface area (Å²) in [6, 6.07) is 2.80. The topological polar surface area (TPSA) is 56.1 Å². The van der Waals surface area contributed by atoms with E-state index < -0.39 is 5.54 Å². The molecule has 0 spiro atoms. The maximum Gasteiger partial charge on any atom is 0.235 e. The van der Waals surface area contributed by atoms with E-state index in [1.807, 2.05) is 7.05 Å². The molecule has 19 heavy (non-hydrogen) atoms. The average molecular weight is 263 g/mol. The van der Waals surface area contributed by atoms with Crippen LogP contribution in [0.1, 0.15) is 51.9 Å². The van der Waals surface area contributed by atoms with Crippen LogP contribution >= 0.6 is 0 Å². The fourth-order valence-electron chi connectivity index (χ4n) is 3.04. The van der Waals surface area contributed by atoms with Gasteiger partial charge < -0.3 is 5.32 Å². The Hall–Kier alpha value is -1.08. The number of hydrogen-bond donors (Lipinski definition) is 1. The molecule has 2 saturated carbocycles. The fourth-order valence-corrected chi connectivity index (χ4v) is 3.04. The molecular formula is C15H25N3O. The van der Waals surface area contributed by atoms with Crippen LogP contribution in [0.15, 0.2) is 0 Å². The van der Waals surface area contributed by atoms with Crippen LogP contribution in [0.3, 0.4) is 0 Å². The van der Waals surface area contributed by atoms with E-state index in [0.29, 0.717) is 12.6 Å². The minimum Gasteiger partial charge on any atom is -0.337 e. The van der Waals surface area contributed by atoms with Gasteiger partial charge in [-0.25, -0.2) is 0 Å². The van der Waals surface area contributed by atoms with Gasteiger partial charge in [0.05, 0.1) is 12.6 Å². The quantitative estimate of drug-likeness (QED) is 0.826. The van der Waals surface area contributed by atoms with Crippen molar-refractivity contribution in [2.24, 2.45) is 5.92 Å². The number of likely N-dealkylation sites (N-methyl/N-ethyl adjacent to an activating group) is 1. The van der Waals surface area contributed by atoms with Gasteiger partial charge in [0.1, 0.15) is 5.54 Å². The van der Waals surface area contributed by atoms with Crippen molar-refractivity contribution in [2.75, 3.05) is 13.6 Å². The van der Waals surface area contributed by atoms with Crippen molar-refractivity contribution >= 4 is 5.91 Å². The highest BCUT2D eigenvalue weighted by Crippen LogP contribution is 2.34. The van der Waals surface area contributed by atoms with E-state index in [1.165, 1.54) is 19.3 Å². The lowest BCUT2D eigenvalue weighted by Gasteiger charge is -2.33. The molecule has 0 aromatic rings. The lowest BCUT2D eigenvalue weighted by atomic mass is 9.83. The van der Waals surface area contributed by atoms with Crippen molar-refractivity contribution in [1.82, 2.24) is 10.2 Å². The molecule has 2 aliphatic carbocycles. The lowest BCUT2D eigenvalue weighted by molar-refractivity contribution is -0.124. The molecule has 0 heterocycles. The third-order valence-electron chi connectivity index (χ3n) is 4.69. The monoisotopic (exact) mass is 263 g/mol. The third-order valence-corrected chi connectivity index (χ3v) is 4.69. The largest absolute Gasteiger partial charge is 0.337 e. The highest BCUT2D eigenvalue weighted by molar-refractivity contribution is 5.79. The molecule has 1 N–H and O–H groups in total. The summed E-state index contributed by atoms with van der Waals surface area (Å²) in [5, 5.41) is 12.3. The smallest absolute Gasteiger partial charge is 0.235 e. The minimum atomic E-state index is -0.598. The fraction of sp³-hybridized carbons (Fsp3) is 0.867. The van der Waals surface area contributed by atoms with Crippen molar-refractivity contribution in [3.63, 3.8) is 0 Å². The van der Waals surface area contributed by atoms with E-state index >= 15 is 0 Å².